The van der Waals surface area contributed by atoms with Gasteiger partial charge in [0.25, 0.3) is 5.56 Å². The molecule has 36 heavy (non-hydrogen) atoms. The molecule has 0 spiro atoms. The van der Waals surface area contributed by atoms with Crippen LogP contribution in [0.2, 0.25) is 0 Å². The maximum atomic E-state index is 12.0. The summed E-state index contributed by atoms with van der Waals surface area (Å²) in [5.41, 5.74) is 0.749. The topological polar surface area (TPSA) is 149 Å². The number of benzene rings is 1. The molecule has 1 aromatic heterocycles. The first kappa shape index (κ1) is 29.7. The van der Waals surface area contributed by atoms with Crippen molar-refractivity contribution in [1.29, 1.82) is 0 Å². The third-order valence-corrected chi connectivity index (χ3v) is 3.89. The summed E-state index contributed by atoms with van der Waals surface area (Å²) in [6, 6.07) is 11.0. The van der Waals surface area contributed by atoms with Crippen LogP contribution in [0.3, 0.4) is 0 Å². The fraction of sp³-hybridized carbons (Fsp3) is 0.318. The van der Waals surface area contributed by atoms with Crippen molar-refractivity contribution in [3.63, 3.8) is 0 Å². The number of ether oxygens (including phenoxy) is 2. The lowest BCUT2D eigenvalue weighted by atomic mass is 10.2. The maximum Gasteiger partial charge on any atom is 0.407 e. The van der Waals surface area contributed by atoms with E-state index in [0.717, 1.165) is 5.56 Å². The summed E-state index contributed by atoms with van der Waals surface area (Å²) in [6.45, 7) is 2.24. The second-order valence-corrected chi connectivity index (χ2v) is 6.68. The van der Waals surface area contributed by atoms with Crippen molar-refractivity contribution in [2.45, 2.75) is 19.9 Å². The Labute approximate surface area is 203 Å². The van der Waals surface area contributed by atoms with Gasteiger partial charge in [-0.25, -0.2) is 13.9 Å². The van der Waals surface area contributed by atoms with E-state index in [1.807, 2.05) is 30.3 Å². The highest BCUT2D eigenvalue weighted by molar-refractivity contribution is 5.82. The first-order chi connectivity index (χ1) is 17.1. The number of carboxylic acid groups (broad SMARTS) is 1. The average Bonchev–Trinajstić information content (AvgIpc) is 2.83. The first-order valence-corrected chi connectivity index (χ1v) is 10.4. The van der Waals surface area contributed by atoms with E-state index in [9.17, 15) is 32.3 Å². The molecule has 2 rings (SSSR count). The third-order valence-electron chi connectivity index (χ3n) is 3.89. The molecule has 0 radical (unpaired) electrons. The third kappa shape index (κ3) is 12.8. The van der Waals surface area contributed by atoms with E-state index < -0.39 is 42.8 Å². The summed E-state index contributed by atoms with van der Waals surface area (Å²) < 4.78 is 46.3. The average molecular weight is 514 g/mol. The number of hydrogen-bond acceptors (Lipinski definition) is 7. The quantitative estimate of drug-likeness (QED) is 0.386. The molecule has 0 bridgehead atoms. The summed E-state index contributed by atoms with van der Waals surface area (Å²) in [4.78, 5) is 43.4. The number of rotatable bonds is 11. The number of amides is 2. The number of hydrogen-bond donors (Lipinski definition) is 3. The fourth-order valence-corrected chi connectivity index (χ4v) is 2.32. The predicted molar refractivity (Wildman–Crippen MR) is 120 cm³/mol. The molecule has 1 heterocycles. The Bertz CT molecular complexity index is 1090. The number of nitrogens with zero attached hydrogens (tertiary/aromatic N) is 2. The van der Waals surface area contributed by atoms with Gasteiger partial charge in [0.15, 0.2) is 5.83 Å². The van der Waals surface area contributed by atoms with Crippen molar-refractivity contribution < 1.29 is 42.1 Å². The molecule has 0 fully saturated rings. The number of aliphatic carboxylic acids is 1. The molecule has 2 amide bonds. The molecular formula is C22H25F3N4O7. The molecule has 3 N–H and O–H groups in total. The number of halogens is 3. The zero-order chi connectivity index (χ0) is 26.9. The van der Waals surface area contributed by atoms with Crippen molar-refractivity contribution in [2.75, 3.05) is 26.3 Å². The molecule has 14 heteroatoms. The molecular weight excluding hydrogens is 489 g/mol. The number of carbonyl (C=O) groups excluding carboxylic acids is 2. The van der Waals surface area contributed by atoms with Crippen LogP contribution in [0.5, 0.6) is 5.75 Å². The Morgan fingerprint density at radius 2 is 1.81 bits per heavy atom. The lowest BCUT2D eigenvalue weighted by Crippen LogP contribution is -2.29. The summed E-state index contributed by atoms with van der Waals surface area (Å²) in [5.74, 6) is -3.93. The second kappa shape index (κ2) is 16.3. The van der Waals surface area contributed by atoms with Crippen molar-refractivity contribution in [1.82, 2.24) is 20.4 Å². The van der Waals surface area contributed by atoms with Crippen LogP contribution in [0, 0.1) is 0 Å². The molecule has 0 aliphatic carbocycles. The van der Waals surface area contributed by atoms with Crippen molar-refractivity contribution in [3.05, 3.63) is 70.4 Å². The number of carboxylic acids is 1. The monoisotopic (exact) mass is 514 g/mol. The highest BCUT2D eigenvalue weighted by Gasteiger charge is 2.11. The number of nitrogens with one attached hydrogen (secondary N) is 2. The van der Waals surface area contributed by atoms with Gasteiger partial charge in [-0.15, -0.1) is 0 Å². The maximum absolute atomic E-state index is 12.0. The summed E-state index contributed by atoms with van der Waals surface area (Å²) in [7, 11) is 0. The molecule has 0 aliphatic rings. The highest BCUT2D eigenvalue weighted by Crippen LogP contribution is 2.12. The first-order valence-electron chi connectivity index (χ1n) is 10.4. The molecule has 0 saturated carbocycles. The predicted octanol–water partition coefficient (Wildman–Crippen LogP) is 2.07. The van der Waals surface area contributed by atoms with Gasteiger partial charge in [-0.1, -0.05) is 30.3 Å². The normalized spacial score (nSPS) is 9.78. The van der Waals surface area contributed by atoms with Gasteiger partial charge >= 0.3 is 18.1 Å². The van der Waals surface area contributed by atoms with Gasteiger partial charge in [0.2, 0.25) is 5.91 Å². The van der Waals surface area contributed by atoms with Gasteiger partial charge < -0.3 is 25.2 Å². The molecule has 196 valence electrons. The molecule has 2 aromatic rings. The Balaban J connectivity index is 0.000000426. The summed E-state index contributed by atoms with van der Waals surface area (Å²) in [6.07, 6.45) is -2.73. The van der Waals surface area contributed by atoms with Crippen LogP contribution in [-0.4, -0.2) is 59.2 Å². The molecule has 0 atom stereocenters. The Morgan fingerprint density at radius 1 is 1.11 bits per heavy atom. The number of alkyl carbamates (subject to hydrolysis) is 1. The van der Waals surface area contributed by atoms with E-state index in [-0.39, 0.29) is 18.7 Å². The van der Waals surface area contributed by atoms with E-state index >= 15 is 0 Å². The molecule has 0 aliphatic heterocycles. The van der Waals surface area contributed by atoms with Crippen molar-refractivity contribution in [3.8, 4) is 5.75 Å². The van der Waals surface area contributed by atoms with E-state index in [2.05, 4.69) is 10.4 Å². The van der Waals surface area contributed by atoms with Gasteiger partial charge in [-0.2, -0.15) is 13.9 Å². The summed E-state index contributed by atoms with van der Waals surface area (Å²) >= 11 is 0. The largest absolute Gasteiger partial charge is 0.490 e. The van der Waals surface area contributed by atoms with E-state index in [4.69, 9.17) is 14.6 Å². The zero-order valence-electron chi connectivity index (χ0n) is 19.2. The van der Waals surface area contributed by atoms with Crippen LogP contribution in [0.25, 0.3) is 0 Å². The molecule has 0 saturated heterocycles. The minimum absolute atomic E-state index is 0.225. The zero-order valence-corrected chi connectivity index (χ0v) is 19.2. The highest BCUT2D eigenvalue weighted by atomic mass is 19.3. The minimum Gasteiger partial charge on any atom is -0.490 e. The lowest BCUT2D eigenvalue weighted by molar-refractivity contribution is -0.137. The van der Waals surface area contributed by atoms with Crippen LogP contribution in [0.1, 0.15) is 18.9 Å². The summed E-state index contributed by atoms with van der Waals surface area (Å²) in [5, 5.41) is 16.4. The standard InChI is InChI=1S/C16H19N3O4.C6H6F3NO3/c1-2-22-16(21)17-8-9-23-14-10-15(20)19(18-11-14)12-13-6-4-3-5-7-13;7-3(6(8)9)1-4(11)10-2-5(12)13/h3-7,10-11H,2,8-9,12H2,1H3,(H,17,21);1-2H2,(H,10,11)(H,12,13). The smallest absolute Gasteiger partial charge is 0.407 e. The number of carbonyl (C=O) groups is 3. The van der Waals surface area contributed by atoms with Crippen molar-refractivity contribution in [2.24, 2.45) is 0 Å². The fourth-order valence-electron chi connectivity index (χ4n) is 2.32. The van der Waals surface area contributed by atoms with Crippen LogP contribution in [0.4, 0.5) is 18.0 Å². The van der Waals surface area contributed by atoms with Gasteiger partial charge in [0.1, 0.15) is 18.9 Å². The molecule has 11 nitrogen and oxygen atoms in total. The van der Waals surface area contributed by atoms with Gasteiger partial charge in [0, 0.05) is 6.07 Å². The van der Waals surface area contributed by atoms with E-state index in [1.54, 1.807) is 12.2 Å². The van der Waals surface area contributed by atoms with Crippen LogP contribution in [0.15, 0.2) is 59.3 Å². The van der Waals surface area contributed by atoms with Crippen LogP contribution >= 0.6 is 0 Å². The Morgan fingerprint density at radius 3 is 2.39 bits per heavy atom. The SMILES string of the molecule is CCOC(=O)NCCOc1cnn(Cc2ccccc2)c(=O)c1.O=C(O)CNC(=O)CC(F)=C(F)F. The van der Waals surface area contributed by atoms with Crippen LogP contribution < -0.4 is 20.9 Å². The van der Waals surface area contributed by atoms with Gasteiger partial charge in [-0.05, 0) is 12.5 Å². The van der Waals surface area contributed by atoms with Gasteiger partial charge in [-0.3, -0.25) is 14.4 Å². The van der Waals surface area contributed by atoms with Crippen molar-refractivity contribution >= 4 is 18.0 Å². The van der Waals surface area contributed by atoms with E-state index in [1.165, 1.54) is 16.9 Å². The van der Waals surface area contributed by atoms with Crippen LogP contribution in [-0.2, 0) is 20.9 Å². The second-order valence-electron chi connectivity index (χ2n) is 6.68. The lowest BCUT2D eigenvalue weighted by Gasteiger charge is -2.09. The molecule has 1 aromatic carbocycles. The molecule has 0 unspecified atom stereocenters. The van der Waals surface area contributed by atoms with E-state index in [0.29, 0.717) is 18.9 Å². The van der Waals surface area contributed by atoms with Gasteiger partial charge in [0.05, 0.1) is 32.3 Å². The Hall–Kier alpha value is -4.36. The Kier molecular flexibility index (Phi) is 13.4. The number of aromatic nitrogens is 2. The minimum atomic E-state index is -2.58.